The average Bonchev–Trinajstić information content (AvgIpc) is 2.39. The second-order valence-corrected chi connectivity index (χ2v) is 9.59. The molecule has 2 fully saturated rings. The van der Waals surface area contributed by atoms with Crippen molar-refractivity contribution in [3.63, 3.8) is 0 Å². The van der Waals surface area contributed by atoms with Gasteiger partial charge < -0.3 is 0 Å². The molecule has 19 heavy (non-hydrogen) atoms. The lowest BCUT2D eigenvalue weighted by Gasteiger charge is -2.29. The van der Waals surface area contributed by atoms with Crippen molar-refractivity contribution >= 4 is 27.4 Å². The van der Waals surface area contributed by atoms with Gasteiger partial charge in [-0.2, -0.15) is 11.8 Å². The summed E-state index contributed by atoms with van der Waals surface area (Å²) >= 11 is 1.97. The van der Waals surface area contributed by atoms with Crippen LogP contribution in [0.15, 0.2) is 0 Å². The Bertz CT molecular complexity index is 410. The average molecular weight is 304 g/mol. The van der Waals surface area contributed by atoms with Crippen molar-refractivity contribution in [3.8, 4) is 0 Å². The van der Waals surface area contributed by atoms with Gasteiger partial charge >= 0.3 is 0 Å². The van der Waals surface area contributed by atoms with Crippen LogP contribution in [0, 0.1) is 11.8 Å². The van der Waals surface area contributed by atoms with Crippen molar-refractivity contribution in [1.29, 1.82) is 0 Å². The molecule has 1 heterocycles. The number of carbonyl (C=O) groups is 1. The standard InChI is InChI=1S/C14H24O3S2/c1-19(16,17)13-4-2-3-12(10-13)14(15)9-11-5-7-18-8-6-11/h11-13H,2-10H2,1H3. The molecule has 2 aliphatic rings. The molecule has 3 nitrogen and oxygen atoms in total. The Labute approximate surface area is 120 Å². The third kappa shape index (κ3) is 4.48. The molecule has 1 aliphatic heterocycles. The monoisotopic (exact) mass is 304 g/mol. The number of carbonyl (C=O) groups excluding carboxylic acids is 1. The third-order valence-corrected chi connectivity index (χ3v) is 7.21. The summed E-state index contributed by atoms with van der Waals surface area (Å²) in [7, 11) is -2.98. The van der Waals surface area contributed by atoms with Crippen LogP contribution in [0.3, 0.4) is 0 Å². The van der Waals surface area contributed by atoms with Crippen molar-refractivity contribution < 1.29 is 13.2 Å². The number of thioether (sulfide) groups is 1. The maximum Gasteiger partial charge on any atom is 0.150 e. The van der Waals surface area contributed by atoms with Crippen LogP contribution in [-0.4, -0.2) is 37.2 Å². The Balaban J connectivity index is 1.88. The summed E-state index contributed by atoms with van der Waals surface area (Å²) in [5.41, 5.74) is 0. The SMILES string of the molecule is CS(=O)(=O)C1CCCC(C(=O)CC2CCSCC2)C1. The molecule has 2 unspecified atom stereocenters. The van der Waals surface area contributed by atoms with Crippen LogP contribution >= 0.6 is 11.8 Å². The van der Waals surface area contributed by atoms with Gasteiger partial charge in [0.05, 0.1) is 5.25 Å². The molecule has 2 atom stereocenters. The fourth-order valence-electron chi connectivity index (χ4n) is 3.23. The van der Waals surface area contributed by atoms with Gasteiger partial charge in [0, 0.05) is 18.6 Å². The van der Waals surface area contributed by atoms with Gasteiger partial charge in [0.15, 0.2) is 0 Å². The molecule has 0 amide bonds. The highest BCUT2D eigenvalue weighted by molar-refractivity contribution is 7.99. The molecule has 0 radical (unpaired) electrons. The van der Waals surface area contributed by atoms with Crippen molar-refractivity contribution in [2.45, 2.75) is 50.2 Å². The van der Waals surface area contributed by atoms with Gasteiger partial charge in [0.2, 0.25) is 0 Å². The van der Waals surface area contributed by atoms with E-state index in [1.165, 1.54) is 17.8 Å². The van der Waals surface area contributed by atoms with E-state index in [0.29, 0.717) is 24.5 Å². The van der Waals surface area contributed by atoms with Crippen molar-refractivity contribution in [1.82, 2.24) is 0 Å². The summed E-state index contributed by atoms with van der Waals surface area (Å²) in [5.74, 6) is 3.23. The summed E-state index contributed by atoms with van der Waals surface area (Å²) in [6, 6.07) is 0. The van der Waals surface area contributed by atoms with Gasteiger partial charge in [-0.05, 0) is 49.5 Å². The Morgan fingerprint density at radius 3 is 2.47 bits per heavy atom. The number of hydrogen-bond acceptors (Lipinski definition) is 4. The van der Waals surface area contributed by atoms with E-state index in [4.69, 9.17) is 0 Å². The first-order valence-electron chi connectivity index (χ1n) is 7.26. The highest BCUT2D eigenvalue weighted by Gasteiger charge is 2.33. The fourth-order valence-corrected chi connectivity index (χ4v) is 5.61. The first-order chi connectivity index (χ1) is 8.97. The molecule has 5 heteroatoms. The van der Waals surface area contributed by atoms with E-state index in [9.17, 15) is 13.2 Å². The van der Waals surface area contributed by atoms with Crippen LogP contribution in [0.2, 0.25) is 0 Å². The van der Waals surface area contributed by atoms with Crippen molar-refractivity contribution in [2.24, 2.45) is 11.8 Å². The highest BCUT2D eigenvalue weighted by atomic mass is 32.2. The first-order valence-corrected chi connectivity index (χ1v) is 10.4. The molecule has 0 spiro atoms. The summed E-state index contributed by atoms with van der Waals surface area (Å²) in [5, 5.41) is -0.280. The van der Waals surface area contributed by atoms with Crippen LogP contribution in [0.25, 0.3) is 0 Å². The molecule has 0 aromatic rings. The van der Waals surface area contributed by atoms with E-state index in [-0.39, 0.29) is 11.2 Å². The zero-order chi connectivity index (χ0) is 13.9. The molecule has 1 saturated heterocycles. The van der Waals surface area contributed by atoms with E-state index in [0.717, 1.165) is 32.1 Å². The molecular weight excluding hydrogens is 280 g/mol. The summed E-state index contributed by atoms with van der Waals surface area (Å²) in [4.78, 5) is 12.3. The maximum absolute atomic E-state index is 12.3. The summed E-state index contributed by atoms with van der Waals surface area (Å²) < 4.78 is 23.3. The van der Waals surface area contributed by atoms with E-state index in [1.807, 2.05) is 11.8 Å². The van der Waals surface area contributed by atoms with Gasteiger partial charge in [0.1, 0.15) is 15.6 Å². The first kappa shape index (κ1) is 15.4. The second-order valence-electron chi connectivity index (χ2n) is 6.04. The fraction of sp³-hybridized carbons (Fsp3) is 0.929. The van der Waals surface area contributed by atoms with Gasteiger partial charge in [-0.25, -0.2) is 8.42 Å². The van der Waals surface area contributed by atoms with Gasteiger partial charge in [-0.15, -0.1) is 0 Å². The molecule has 0 aromatic carbocycles. The number of hydrogen-bond donors (Lipinski definition) is 0. The summed E-state index contributed by atoms with van der Waals surface area (Å²) in [6.45, 7) is 0. The third-order valence-electron chi connectivity index (χ3n) is 4.52. The minimum absolute atomic E-state index is 0.00283. The highest BCUT2D eigenvalue weighted by Crippen LogP contribution is 2.32. The molecule has 110 valence electrons. The number of ketones is 1. The minimum Gasteiger partial charge on any atom is -0.299 e. The van der Waals surface area contributed by atoms with E-state index in [1.54, 1.807) is 0 Å². The minimum atomic E-state index is -2.98. The van der Waals surface area contributed by atoms with Gasteiger partial charge in [-0.1, -0.05) is 6.42 Å². The molecule has 0 N–H and O–H groups in total. The number of sulfone groups is 1. The van der Waals surface area contributed by atoms with Crippen LogP contribution in [0.4, 0.5) is 0 Å². The molecule has 0 bridgehead atoms. The van der Waals surface area contributed by atoms with Crippen LogP contribution in [0.1, 0.15) is 44.9 Å². The lowest BCUT2D eigenvalue weighted by atomic mass is 9.82. The topological polar surface area (TPSA) is 51.2 Å². The summed E-state index contributed by atoms with van der Waals surface area (Å²) in [6.07, 6.45) is 7.38. The van der Waals surface area contributed by atoms with E-state index < -0.39 is 9.84 Å². The molecule has 2 rings (SSSR count). The largest absolute Gasteiger partial charge is 0.299 e. The van der Waals surface area contributed by atoms with Crippen molar-refractivity contribution in [2.75, 3.05) is 17.8 Å². The smallest absolute Gasteiger partial charge is 0.150 e. The Morgan fingerprint density at radius 2 is 1.84 bits per heavy atom. The van der Waals surface area contributed by atoms with E-state index in [2.05, 4.69) is 0 Å². The Hall–Kier alpha value is -0.0300. The molecule has 1 saturated carbocycles. The molecular formula is C14H24O3S2. The van der Waals surface area contributed by atoms with Crippen LogP contribution in [0.5, 0.6) is 0 Å². The second kappa shape index (κ2) is 6.61. The van der Waals surface area contributed by atoms with Gasteiger partial charge in [-0.3, -0.25) is 4.79 Å². The van der Waals surface area contributed by atoms with Crippen LogP contribution < -0.4 is 0 Å². The lowest BCUT2D eigenvalue weighted by Crippen LogP contribution is -2.32. The Kier molecular flexibility index (Phi) is 5.35. The Morgan fingerprint density at radius 1 is 1.16 bits per heavy atom. The zero-order valence-corrected chi connectivity index (χ0v) is 13.3. The van der Waals surface area contributed by atoms with Crippen LogP contribution in [-0.2, 0) is 14.6 Å². The normalized spacial score (nSPS) is 30.2. The lowest BCUT2D eigenvalue weighted by molar-refractivity contribution is -0.124. The predicted molar refractivity (Wildman–Crippen MR) is 80.3 cm³/mol. The van der Waals surface area contributed by atoms with Crippen molar-refractivity contribution in [3.05, 3.63) is 0 Å². The zero-order valence-electron chi connectivity index (χ0n) is 11.6. The quantitative estimate of drug-likeness (QED) is 0.801. The molecule has 1 aliphatic carbocycles. The van der Waals surface area contributed by atoms with E-state index >= 15 is 0 Å². The number of rotatable bonds is 4. The predicted octanol–water partition coefficient (Wildman–Crippen LogP) is 2.69. The number of Topliss-reactive ketones (excluding diaryl/α,β-unsaturated/α-hetero) is 1. The maximum atomic E-state index is 12.3. The molecule has 0 aromatic heterocycles. The van der Waals surface area contributed by atoms with Gasteiger partial charge in [0.25, 0.3) is 0 Å².